The predicted molar refractivity (Wildman–Crippen MR) is 279 cm³/mol. The number of unbranched alkanes of at least 4 members (excludes halogenated alkanes) is 4. The van der Waals surface area contributed by atoms with Gasteiger partial charge in [-0.25, -0.2) is 9.59 Å². The molecule has 0 bridgehead atoms. The molecule has 6 aromatic carbocycles. The molecule has 6 nitrogen and oxygen atoms in total. The lowest BCUT2D eigenvalue weighted by Gasteiger charge is -2.07. The molecule has 0 aromatic heterocycles. The zero-order valence-electron chi connectivity index (χ0n) is 40.4. The molecule has 0 aliphatic carbocycles. The van der Waals surface area contributed by atoms with Gasteiger partial charge in [-0.1, -0.05) is 154 Å². The van der Waals surface area contributed by atoms with Gasteiger partial charge in [0, 0.05) is 6.21 Å². The van der Waals surface area contributed by atoms with Crippen LogP contribution in [0.1, 0.15) is 120 Å². The maximum absolute atomic E-state index is 12.2. The minimum Gasteiger partial charge on any atom is -0.497 e. The molecule has 0 radical (unpaired) electrons. The van der Waals surface area contributed by atoms with Gasteiger partial charge in [0.15, 0.2) is 0 Å². The molecule has 0 atom stereocenters. The fourth-order valence-corrected chi connectivity index (χ4v) is 6.13. The highest BCUT2D eigenvalue weighted by Crippen LogP contribution is 2.19. The van der Waals surface area contributed by atoms with Gasteiger partial charge in [-0.15, -0.1) is 0 Å². The van der Waals surface area contributed by atoms with Gasteiger partial charge in [-0.3, -0.25) is 0 Å². The number of esters is 2. The third kappa shape index (κ3) is 22.9. The van der Waals surface area contributed by atoms with Gasteiger partial charge in [0.1, 0.15) is 17.2 Å². The summed E-state index contributed by atoms with van der Waals surface area (Å²) in [7, 11) is 1.57. The van der Waals surface area contributed by atoms with Crippen molar-refractivity contribution >= 4 is 24.2 Å². The normalized spacial score (nSPS) is 9.43. The van der Waals surface area contributed by atoms with Crippen LogP contribution in [-0.4, -0.2) is 25.3 Å². The van der Waals surface area contributed by atoms with Gasteiger partial charge in [0.05, 0.1) is 18.2 Å². The number of rotatable bonds is 17. The molecule has 0 aliphatic rings. The Bertz CT molecular complexity index is 2630. The molecule has 0 fully saturated rings. The maximum Gasteiger partial charge on any atom is 0.343 e. The van der Waals surface area contributed by atoms with Crippen molar-refractivity contribution in [2.75, 3.05) is 7.11 Å². The fraction of sp³-hybridized carbons (Fsp3) is 0.242. The Morgan fingerprint density at radius 3 is 1.46 bits per heavy atom. The van der Waals surface area contributed by atoms with E-state index >= 15 is 0 Å². The molecule has 0 aliphatic heterocycles. The van der Waals surface area contributed by atoms with Crippen molar-refractivity contribution in [1.29, 1.82) is 5.41 Å². The second-order valence-corrected chi connectivity index (χ2v) is 15.6. The Hall–Kier alpha value is -7.85. The van der Waals surface area contributed by atoms with E-state index in [0.717, 1.165) is 24.0 Å². The second kappa shape index (κ2) is 33.6. The van der Waals surface area contributed by atoms with E-state index in [2.05, 4.69) is 92.1 Å². The van der Waals surface area contributed by atoms with Gasteiger partial charge in [-0.2, -0.15) is 0 Å². The number of nitrogens with one attached hydrogen (secondary N) is 1. The molecule has 0 spiro atoms. The molecule has 0 heterocycles. The first-order valence-corrected chi connectivity index (χ1v) is 23.3. The lowest BCUT2D eigenvalue weighted by atomic mass is 10.1. The van der Waals surface area contributed by atoms with Crippen LogP contribution >= 0.6 is 0 Å². The topological polar surface area (TPSA) is 85.7 Å². The van der Waals surface area contributed by atoms with E-state index in [1.165, 1.54) is 79.8 Å². The Labute approximate surface area is 405 Å². The second-order valence-electron chi connectivity index (χ2n) is 15.6. The molecular formula is C62H65NO5. The van der Waals surface area contributed by atoms with Crippen molar-refractivity contribution in [3.63, 3.8) is 0 Å². The summed E-state index contributed by atoms with van der Waals surface area (Å²) in [5.41, 5.74) is 23.6. The monoisotopic (exact) mass is 903 g/mol. The summed E-state index contributed by atoms with van der Waals surface area (Å²) in [6.07, 6.45) is 15.1. The number of aryl methyl sites for hydroxylation is 4. The van der Waals surface area contributed by atoms with Gasteiger partial charge < -0.3 is 19.6 Å². The van der Waals surface area contributed by atoms with E-state index in [-0.39, 0.29) is 5.97 Å². The third-order valence-corrected chi connectivity index (χ3v) is 10.1. The molecule has 0 amide bonds. The molecule has 0 saturated carbocycles. The van der Waals surface area contributed by atoms with Gasteiger partial charge in [0.2, 0.25) is 0 Å². The van der Waals surface area contributed by atoms with Crippen LogP contribution in [0.5, 0.6) is 17.2 Å². The summed E-state index contributed by atoms with van der Waals surface area (Å²) in [6.45, 7) is 12.0. The SMILES string of the molecule is C=C=C=C=C=C=C=Cc1ccc(OC(=O)c2ccc(OC)cc2)cc1.CCCCCc1ccc(C(=O)Oc2ccc(CCCC)cc2)cc1.CCCCc1ccccc1.Cc1ccc(C=N)cc1. The zero-order valence-corrected chi connectivity index (χ0v) is 40.4. The first-order chi connectivity index (χ1) is 33.2. The number of hydrogen-bond acceptors (Lipinski definition) is 6. The minimum atomic E-state index is -0.430. The average molecular weight is 904 g/mol. The van der Waals surface area contributed by atoms with E-state index in [0.29, 0.717) is 28.4 Å². The van der Waals surface area contributed by atoms with Crippen LogP contribution < -0.4 is 14.2 Å². The van der Waals surface area contributed by atoms with Crippen LogP contribution in [0.3, 0.4) is 0 Å². The Morgan fingerprint density at radius 2 is 0.956 bits per heavy atom. The van der Waals surface area contributed by atoms with Crippen molar-refractivity contribution in [2.45, 2.75) is 91.9 Å². The van der Waals surface area contributed by atoms with Crippen LogP contribution in [-0.2, 0) is 19.3 Å². The van der Waals surface area contributed by atoms with Crippen LogP contribution in [0.15, 0.2) is 193 Å². The highest BCUT2D eigenvalue weighted by atomic mass is 16.5. The summed E-state index contributed by atoms with van der Waals surface area (Å²) >= 11 is 0. The molecular weight excluding hydrogens is 839 g/mol. The van der Waals surface area contributed by atoms with Crippen LogP contribution in [0.4, 0.5) is 0 Å². The Balaban J connectivity index is 0.000000262. The number of carbonyl (C=O) groups excluding carboxylic acids is 2. The number of ether oxygens (including phenoxy) is 3. The third-order valence-electron chi connectivity index (χ3n) is 10.1. The molecule has 6 heteroatoms. The Kier molecular flexibility index (Phi) is 26.9. The standard InChI is InChI=1S/C22H14O3.C22H28O2.C10H14.C8H9N/c1-3-4-5-6-7-8-9-18-10-14-21(15-11-18)25-22(23)19-12-16-20(24-2)17-13-19;1-3-5-7-9-19-10-14-20(15-11-19)22(23)24-21-16-12-18(13-17-21)8-6-4-2;1-2-3-7-10-8-5-4-6-9-10;1-7-2-4-8(6-9)5-3-7/h9-17H,1H2,2H3;10-17H,3-9H2,1-2H3;4-6,8-9H,2-3,7H2,1H3;2-6,9H,1H3. The number of benzene rings is 6. The number of carbonyl (C=O) groups is 2. The maximum atomic E-state index is 12.2. The number of methoxy groups -OCH3 is 1. The van der Waals surface area contributed by atoms with Crippen molar-refractivity contribution in [3.8, 4) is 17.2 Å². The summed E-state index contributed by atoms with van der Waals surface area (Å²) in [6, 6.07) is 47.8. The van der Waals surface area contributed by atoms with Gasteiger partial charge in [-0.05, 0) is 170 Å². The van der Waals surface area contributed by atoms with Crippen molar-refractivity contribution in [2.24, 2.45) is 0 Å². The van der Waals surface area contributed by atoms with Crippen molar-refractivity contribution in [3.05, 3.63) is 237 Å². The first-order valence-electron chi connectivity index (χ1n) is 23.3. The summed E-state index contributed by atoms with van der Waals surface area (Å²) in [4.78, 5) is 24.3. The van der Waals surface area contributed by atoms with Crippen molar-refractivity contribution < 1.29 is 23.8 Å². The summed E-state index contributed by atoms with van der Waals surface area (Å²) < 4.78 is 15.8. The quantitative estimate of drug-likeness (QED) is 0.0324. The van der Waals surface area contributed by atoms with E-state index < -0.39 is 5.97 Å². The summed E-state index contributed by atoms with van der Waals surface area (Å²) in [5, 5.41) is 6.89. The molecule has 6 rings (SSSR count). The smallest absolute Gasteiger partial charge is 0.343 e. The molecule has 0 unspecified atom stereocenters. The Morgan fingerprint density at radius 1 is 0.515 bits per heavy atom. The summed E-state index contributed by atoms with van der Waals surface area (Å²) in [5.74, 6) is 1.02. The average Bonchev–Trinajstić information content (AvgIpc) is 3.38. The molecule has 68 heavy (non-hydrogen) atoms. The van der Waals surface area contributed by atoms with Crippen LogP contribution in [0, 0.1) is 12.3 Å². The highest BCUT2D eigenvalue weighted by molar-refractivity contribution is 5.91. The largest absolute Gasteiger partial charge is 0.497 e. The molecule has 6 aromatic rings. The van der Waals surface area contributed by atoms with Gasteiger partial charge in [0.25, 0.3) is 0 Å². The highest BCUT2D eigenvalue weighted by Gasteiger charge is 2.10. The van der Waals surface area contributed by atoms with E-state index in [1.54, 1.807) is 61.7 Å². The predicted octanol–water partition coefficient (Wildman–Crippen LogP) is 15.5. The van der Waals surface area contributed by atoms with E-state index in [9.17, 15) is 9.59 Å². The van der Waals surface area contributed by atoms with Crippen molar-refractivity contribution in [1.82, 2.24) is 0 Å². The zero-order chi connectivity index (χ0) is 49.0. The minimum absolute atomic E-state index is 0.295. The molecule has 348 valence electrons. The van der Waals surface area contributed by atoms with E-state index in [4.69, 9.17) is 19.6 Å². The number of hydrogen-bond donors (Lipinski definition) is 1. The first kappa shape index (κ1) is 54.5. The lowest BCUT2D eigenvalue weighted by Crippen LogP contribution is -2.08. The molecule has 0 saturated heterocycles. The van der Waals surface area contributed by atoms with Gasteiger partial charge >= 0.3 is 11.9 Å². The van der Waals surface area contributed by atoms with E-state index in [1.807, 2.05) is 79.7 Å². The lowest BCUT2D eigenvalue weighted by molar-refractivity contribution is 0.0725. The van der Waals surface area contributed by atoms with Crippen LogP contribution in [0.25, 0.3) is 6.08 Å². The molecule has 1 N–H and O–H groups in total. The van der Waals surface area contributed by atoms with Crippen LogP contribution in [0.2, 0.25) is 0 Å². The fourth-order valence-electron chi connectivity index (χ4n) is 6.13.